The number of nitrogens with one attached hydrogen (secondary N) is 1. The number of rotatable bonds is 2. The highest BCUT2D eigenvalue weighted by Crippen LogP contribution is 2.32. The number of ether oxygens (including phenoxy) is 1. The molecule has 2 atom stereocenters. The van der Waals surface area contributed by atoms with Crippen molar-refractivity contribution in [2.24, 2.45) is 5.92 Å². The van der Waals surface area contributed by atoms with Gasteiger partial charge in [-0.3, -0.25) is 9.69 Å². The average Bonchev–Trinajstić information content (AvgIpc) is 2.49. The lowest BCUT2D eigenvalue weighted by molar-refractivity contribution is -0.154. The number of fused-ring (bicyclic) bond motifs is 2. The average molecular weight is 295 g/mol. The summed E-state index contributed by atoms with van der Waals surface area (Å²) in [5.41, 5.74) is 0. The number of piperazine rings is 1. The molecule has 1 amide bonds. The summed E-state index contributed by atoms with van der Waals surface area (Å²) in [7, 11) is 0. The number of carbonyl (C=O) groups excluding carboxylic acids is 1. The van der Waals surface area contributed by atoms with Gasteiger partial charge in [0, 0.05) is 31.1 Å². The quantitative estimate of drug-likeness (QED) is 0.814. The number of amides is 1. The molecular formula is C16H29N3O2. The molecule has 120 valence electrons. The van der Waals surface area contributed by atoms with E-state index in [0.717, 1.165) is 52.2 Å². The summed E-state index contributed by atoms with van der Waals surface area (Å²) in [5.74, 6) is 0.716. The molecule has 0 aliphatic carbocycles. The summed E-state index contributed by atoms with van der Waals surface area (Å²) in [6.07, 6.45) is 3.30. The van der Waals surface area contributed by atoms with Crippen molar-refractivity contribution in [3.63, 3.8) is 0 Å². The molecule has 0 saturated carbocycles. The third-order valence-corrected chi connectivity index (χ3v) is 5.36. The zero-order valence-corrected chi connectivity index (χ0v) is 13.4. The molecule has 0 radical (unpaired) electrons. The number of carbonyl (C=O) groups is 1. The number of likely N-dealkylation sites (tertiary alicyclic amines) is 1. The van der Waals surface area contributed by atoms with Gasteiger partial charge in [-0.25, -0.2) is 0 Å². The van der Waals surface area contributed by atoms with Crippen LogP contribution in [0.3, 0.4) is 0 Å². The summed E-state index contributed by atoms with van der Waals surface area (Å²) < 4.78 is 5.25. The Kier molecular flexibility index (Phi) is 4.82. The topological polar surface area (TPSA) is 44.8 Å². The molecule has 4 aliphatic rings. The SMILES string of the molecule is CC.O=C(C1CCN(C2COC2)CC1)N1C2CNCC1C2. The summed E-state index contributed by atoms with van der Waals surface area (Å²) in [5, 5.41) is 3.39. The Bertz CT molecular complexity index is 351. The first-order chi connectivity index (χ1) is 10.3. The zero-order chi connectivity index (χ0) is 14.8. The first kappa shape index (κ1) is 15.3. The van der Waals surface area contributed by atoms with Crippen molar-refractivity contribution < 1.29 is 9.53 Å². The van der Waals surface area contributed by atoms with E-state index in [1.54, 1.807) is 0 Å². The van der Waals surface area contributed by atoms with E-state index >= 15 is 0 Å². The fourth-order valence-electron chi connectivity index (χ4n) is 4.00. The van der Waals surface area contributed by atoms with Gasteiger partial charge in [0.2, 0.25) is 5.91 Å². The molecule has 4 saturated heterocycles. The summed E-state index contributed by atoms with van der Waals surface area (Å²) in [6.45, 7) is 9.93. The van der Waals surface area contributed by atoms with E-state index in [9.17, 15) is 4.79 Å². The van der Waals surface area contributed by atoms with Crippen molar-refractivity contribution in [3.05, 3.63) is 0 Å². The van der Waals surface area contributed by atoms with E-state index in [1.165, 1.54) is 6.42 Å². The van der Waals surface area contributed by atoms with Gasteiger partial charge in [-0.15, -0.1) is 0 Å². The molecule has 4 rings (SSSR count). The van der Waals surface area contributed by atoms with E-state index < -0.39 is 0 Å². The molecule has 21 heavy (non-hydrogen) atoms. The Morgan fingerprint density at radius 3 is 2.14 bits per heavy atom. The summed E-state index contributed by atoms with van der Waals surface area (Å²) >= 11 is 0. The Labute approximate surface area is 128 Å². The molecule has 2 unspecified atom stereocenters. The van der Waals surface area contributed by atoms with Crippen LogP contribution in [-0.4, -0.2) is 73.2 Å². The Morgan fingerprint density at radius 2 is 1.67 bits per heavy atom. The minimum atomic E-state index is 0.278. The zero-order valence-electron chi connectivity index (χ0n) is 13.4. The van der Waals surface area contributed by atoms with E-state index in [2.05, 4.69) is 15.1 Å². The second-order valence-electron chi connectivity index (χ2n) is 6.45. The van der Waals surface area contributed by atoms with E-state index in [-0.39, 0.29) is 5.92 Å². The smallest absolute Gasteiger partial charge is 0.226 e. The molecular weight excluding hydrogens is 266 g/mol. The van der Waals surface area contributed by atoms with Crippen LogP contribution < -0.4 is 5.32 Å². The minimum absolute atomic E-state index is 0.278. The molecule has 1 N–H and O–H groups in total. The molecule has 0 aromatic carbocycles. The van der Waals surface area contributed by atoms with Crippen molar-refractivity contribution in [2.45, 2.75) is 51.2 Å². The Morgan fingerprint density at radius 1 is 1.05 bits per heavy atom. The highest BCUT2D eigenvalue weighted by molar-refractivity contribution is 5.80. The second kappa shape index (κ2) is 6.63. The van der Waals surface area contributed by atoms with E-state index in [0.29, 0.717) is 24.0 Å². The monoisotopic (exact) mass is 295 g/mol. The van der Waals surface area contributed by atoms with Gasteiger partial charge < -0.3 is 15.0 Å². The van der Waals surface area contributed by atoms with Crippen molar-refractivity contribution in [2.75, 3.05) is 39.4 Å². The molecule has 5 nitrogen and oxygen atoms in total. The number of nitrogens with zero attached hydrogens (tertiary/aromatic N) is 2. The Hall–Kier alpha value is -0.650. The molecule has 0 spiro atoms. The lowest BCUT2D eigenvalue weighted by Crippen LogP contribution is -2.70. The van der Waals surface area contributed by atoms with Gasteiger partial charge in [0.1, 0.15) is 0 Å². The lowest BCUT2D eigenvalue weighted by atomic mass is 9.85. The maximum Gasteiger partial charge on any atom is 0.226 e. The summed E-state index contributed by atoms with van der Waals surface area (Å²) in [4.78, 5) is 17.3. The molecule has 4 fully saturated rings. The van der Waals surface area contributed by atoms with Gasteiger partial charge in [-0.2, -0.15) is 0 Å². The van der Waals surface area contributed by atoms with Crippen LogP contribution in [0.2, 0.25) is 0 Å². The van der Waals surface area contributed by atoms with Crippen LogP contribution in [0.1, 0.15) is 33.1 Å². The van der Waals surface area contributed by atoms with Crippen LogP contribution in [0, 0.1) is 5.92 Å². The maximum atomic E-state index is 12.6. The van der Waals surface area contributed by atoms with Gasteiger partial charge in [-0.1, -0.05) is 13.8 Å². The second-order valence-corrected chi connectivity index (χ2v) is 6.45. The molecule has 0 aromatic rings. The number of hydrogen-bond acceptors (Lipinski definition) is 4. The van der Waals surface area contributed by atoms with Gasteiger partial charge in [0.15, 0.2) is 0 Å². The van der Waals surface area contributed by atoms with Crippen LogP contribution in [0.25, 0.3) is 0 Å². The van der Waals surface area contributed by atoms with Gasteiger partial charge in [-0.05, 0) is 32.4 Å². The molecule has 4 aliphatic heterocycles. The van der Waals surface area contributed by atoms with Gasteiger partial charge in [0.25, 0.3) is 0 Å². The maximum absolute atomic E-state index is 12.6. The predicted octanol–water partition coefficient (Wildman–Crippen LogP) is 0.696. The standard InChI is InChI=1S/C14H23N3O2.C2H6/c18-14(17-11-5-12(17)7-15-6-11)10-1-3-16(4-2-10)13-8-19-9-13;1-2/h10-13,15H,1-9H2;1-2H3. The van der Waals surface area contributed by atoms with Crippen molar-refractivity contribution in [1.82, 2.24) is 15.1 Å². The van der Waals surface area contributed by atoms with E-state index in [4.69, 9.17) is 4.74 Å². The van der Waals surface area contributed by atoms with Crippen molar-refractivity contribution in [1.29, 1.82) is 0 Å². The number of hydrogen-bond donors (Lipinski definition) is 1. The van der Waals surface area contributed by atoms with Crippen molar-refractivity contribution >= 4 is 5.91 Å². The van der Waals surface area contributed by atoms with E-state index in [1.807, 2.05) is 13.8 Å². The minimum Gasteiger partial charge on any atom is -0.378 e. The lowest BCUT2D eigenvalue weighted by Gasteiger charge is -2.54. The van der Waals surface area contributed by atoms with Crippen LogP contribution in [0.15, 0.2) is 0 Å². The highest BCUT2D eigenvalue weighted by atomic mass is 16.5. The third-order valence-electron chi connectivity index (χ3n) is 5.36. The first-order valence-corrected chi connectivity index (χ1v) is 8.67. The van der Waals surface area contributed by atoms with Crippen LogP contribution in [0.5, 0.6) is 0 Å². The molecule has 2 bridgehead atoms. The highest BCUT2D eigenvalue weighted by Gasteiger charge is 2.46. The molecule has 5 heteroatoms. The van der Waals surface area contributed by atoms with Gasteiger partial charge >= 0.3 is 0 Å². The van der Waals surface area contributed by atoms with Crippen LogP contribution >= 0.6 is 0 Å². The first-order valence-electron chi connectivity index (χ1n) is 8.67. The molecule has 0 aromatic heterocycles. The summed E-state index contributed by atoms with van der Waals surface area (Å²) in [6, 6.07) is 1.61. The Balaban J connectivity index is 0.000000636. The van der Waals surface area contributed by atoms with Crippen LogP contribution in [-0.2, 0) is 9.53 Å². The fraction of sp³-hybridized carbons (Fsp3) is 0.938. The van der Waals surface area contributed by atoms with Crippen LogP contribution in [0.4, 0.5) is 0 Å². The van der Waals surface area contributed by atoms with Gasteiger partial charge in [0.05, 0.1) is 19.3 Å². The predicted molar refractivity (Wildman–Crippen MR) is 82.2 cm³/mol. The van der Waals surface area contributed by atoms with Crippen molar-refractivity contribution in [3.8, 4) is 0 Å². The largest absolute Gasteiger partial charge is 0.378 e. The normalized spacial score (nSPS) is 33.5. The molecule has 4 heterocycles. The number of piperidine rings is 2. The fourth-order valence-corrected chi connectivity index (χ4v) is 4.00. The third kappa shape index (κ3) is 2.83.